The van der Waals surface area contributed by atoms with Crippen molar-refractivity contribution >= 4 is 22.5 Å². The van der Waals surface area contributed by atoms with Crippen molar-refractivity contribution in [1.82, 2.24) is 15.0 Å². The molecule has 0 bridgehead atoms. The van der Waals surface area contributed by atoms with Crippen LogP contribution in [0.2, 0.25) is 0 Å². The molecule has 1 aromatic carbocycles. The summed E-state index contributed by atoms with van der Waals surface area (Å²) >= 11 is 0. The number of aromatic amines is 1. The Morgan fingerprint density at radius 3 is 2.79 bits per heavy atom. The van der Waals surface area contributed by atoms with Crippen LogP contribution >= 0.6 is 0 Å². The molecule has 3 aromatic heterocycles. The Labute approximate surface area is 141 Å². The lowest BCUT2D eigenvalue weighted by Crippen LogP contribution is -2.08. The van der Waals surface area contributed by atoms with Crippen molar-refractivity contribution in [1.29, 1.82) is 0 Å². The van der Waals surface area contributed by atoms with Gasteiger partial charge in [0.1, 0.15) is 11.5 Å². The quantitative estimate of drug-likeness (QED) is 0.560. The lowest BCUT2D eigenvalue weighted by Gasteiger charge is -2.07. The van der Waals surface area contributed by atoms with E-state index < -0.39 is 0 Å². The van der Waals surface area contributed by atoms with Gasteiger partial charge < -0.3 is 10.7 Å². The molecule has 0 aliphatic rings. The molecular formula is C19H18N4O. The predicted octanol–water partition coefficient (Wildman–Crippen LogP) is 3.93. The molecule has 0 atom stereocenters. The van der Waals surface area contributed by atoms with E-state index in [2.05, 4.69) is 15.0 Å². The molecule has 0 radical (unpaired) electrons. The molecule has 0 saturated heterocycles. The summed E-state index contributed by atoms with van der Waals surface area (Å²) in [5, 5.41) is 1.07. The monoisotopic (exact) mass is 318 g/mol. The minimum atomic E-state index is -0.233. The molecule has 0 amide bonds. The maximum atomic E-state index is 12.7. The summed E-state index contributed by atoms with van der Waals surface area (Å²) < 4.78 is 0. The molecule has 0 fully saturated rings. The number of aromatic nitrogens is 3. The smallest absolute Gasteiger partial charge is 0.215 e. The molecule has 24 heavy (non-hydrogen) atoms. The molecular weight excluding hydrogens is 300 g/mol. The fourth-order valence-electron chi connectivity index (χ4n) is 2.77. The number of carbonyl (C=O) groups excluding carboxylic acids is 1. The average Bonchev–Trinajstić information content (AvgIpc) is 3.10. The standard InChI is InChI=1S/C19H14N4O.2H2/c20-19-14(5-3-10-22-19)18(24)17-8-2-7-16(23-17)12-4-1-6-15-13(12)9-11-21-15;;/h1-11,21H,(H2,20,22);2*1H. The number of rotatable bonds is 3. The second-order valence-corrected chi connectivity index (χ2v) is 5.42. The van der Waals surface area contributed by atoms with Crippen molar-refractivity contribution in [3.63, 3.8) is 0 Å². The summed E-state index contributed by atoms with van der Waals surface area (Å²) in [5.41, 5.74) is 9.26. The first-order valence-electron chi connectivity index (χ1n) is 7.53. The molecule has 0 aliphatic carbocycles. The van der Waals surface area contributed by atoms with Gasteiger partial charge in [0.2, 0.25) is 5.78 Å². The maximum absolute atomic E-state index is 12.7. The fourth-order valence-corrected chi connectivity index (χ4v) is 2.77. The van der Waals surface area contributed by atoms with E-state index in [4.69, 9.17) is 5.73 Å². The van der Waals surface area contributed by atoms with E-state index in [0.29, 0.717) is 11.3 Å². The van der Waals surface area contributed by atoms with Crippen LogP contribution in [-0.4, -0.2) is 20.7 Å². The normalized spacial score (nSPS) is 10.8. The van der Waals surface area contributed by atoms with E-state index in [-0.39, 0.29) is 14.5 Å². The third kappa shape index (κ3) is 2.32. The molecule has 4 aromatic rings. The topological polar surface area (TPSA) is 84.7 Å². The number of nitrogens with zero attached hydrogens (tertiary/aromatic N) is 2. The highest BCUT2D eigenvalue weighted by molar-refractivity contribution is 6.10. The first-order chi connectivity index (χ1) is 11.7. The number of ketones is 1. The first-order valence-corrected chi connectivity index (χ1v) is 7.53. The van der Waals surface area contributed by atoms with E-state index in [1.807, 2.05) is 42.6 Å². The highest BCUT2D eigenvalue weighted by Crippen LogP contribution is 2.27. The molecule has 5 heteroatoms. The summed E-state index contributed by atoms with van der Waals surface area (Å²) in [4.78, 5) is 24.4. The van der Waals surface area contributed by atoms with Gasteiger partial charge in [-0.3, -0.25) is 4.79 Å². The van der Waals surface area contributed by atoms with Crippen LogP contribution in [0.4, 0.5) is 5.82 Å². The van der Waals surface area contributed by atoms with Crippen LogP contribution in [0, 0.1) is 0 Å². The van der Waals surface area contributed by atoms with Crippen LogP contribution in [0.3, 0.4) is 0 Å². The molecule has 120 valence electrons. The Hall–Kier alpha value is -3.47. The fraction of sp³-hybridized carbons (Fsp3) is 0. The number of anilines is 1. The van der Waals surface area contributed by atoms with Crippen LogP contribution in [0.15, 0.2) is 67.0 Å². The summed E-state index contributed by atoms with van der Waals surface area (Å²) in [7, 11) is 0. The number of pyridine rings is 2. The van der Waals surface area contributed by atoms with Gasteiger partial charge in [-0.15, -0.1) is 0 Å². The Balaban J connectivity index is 0.00000121. The van der Waals surface area contributed by atoms with Crippen LogP contribution in [-0.2, 0) is 0 Å². The number of carbonyl (C=O) groups is 1. The molecule has 0 unspecified atom stereocenters. The Morgan fingerprint density at radius 1 is 1.04 bits per heavy atom. The zero-order chi connectivity index (χ0) is 16.5. The highest BCUT2D eigenvalue weighted by Gasteiger charge is 2.15. The SMILES string of the molecule is Nc1ncccc1C(=O)c1cccc(-c2cccc3[nH]ccc23)n1.[HH].[HH]. The Kier molecular flexibility index (Phi) is 3.31. The largest absolute Gasteiger partial charge is 0.383 e. The molecule has 0 saturated carbocycles. The lowest BCUT2D eigenvalue weighted by atomic mass is 10.0. The number of nitrogen functional groups attached to an aromatic ring is 1. The van der Waals surface area contributed by atoms with Gasteiger partial charge in [0.25, 0.3) is 0 Å². The second kappa shape index (κ2) is 5.62. The van der Waals surface area contributed by atoms with E-state index >= 15 is 0 Å². The van der Waals surface area contributed by atoms with Crippen molar-refractivity contribution in [3.8, 4) is 11.3 Å². The number of nitrogens with two attached hydrogens (primary N) is 1. The minimum absolute atomic E-state index is 0. The van der Waals surface area contributed by atoms with Gasteiger partial charge in [-0.05, 0) is 36.4 Å². The van der Waals surface area contributed by atoms with Crippen LogP contribution in [0.1, 0.15) is 18.9 Å². The molecule has 3 N–H and O–H groups in total. The van der Waals surface area contributed by atoms with Gasteiger partial charge in [-0.25, -0.2) is 9.97 Å². The number of fused-ring (bicyclic) bond motifs is 1. The van der Waals surface area contributed by atoms with Gasteiger partial charge in [0.05, 0.1) is 11.3 Å². The molecule has 0 aliphatic heterocycles. The van der Waals surface area contributed by atoms with Crippen molar-refractivity contribution in [2.45, 2.75) is 0 Å². The second-order valence-electron chi connectivity index (χ2n) is 5.42. The van der Waals surface area contributed by atoms with Gasteiger partial charge in [-0.1, -0.05) is 18.2 Å². The molecule has 0 spiro atoms. The van der Waals surface area contributed by atoms with Gasteiger partial charge in [0, 0.05) is 31.7 Å². The van der Waals surface area contributed by atoms with E-state index in [1.165, 1.54) is 0 Å². The number of benzene rings is 1. The number of hydrogen-bond donors (Lipinski definition) is 2. The highest BCUT2D eigenvalue weighted by atomic mass is 16.1. The van der Waals surface area contributed by atoms with E-state index in [1.54, 1.807) is 24.4 Å². The minimum Gasteiger partial charge on any atom is -0.383 e. The zero-order valence-corrected chi connectivity index (χ0v) is 12.7. The van der Waals surface area contributed by atoms with E-state index in [9.17, 15) is 4.79 Å². The van der Waals surface area contributed by atoms with Crippen molar-refractivity contribution < 1.29 is 7.65 Å². The van der Waals surface area contributed by atoms with Crippen molar-refractivity contribution in [3.05, 3.63) is 78.2 Å². The molecule has 3 heterocycles. The van der Waals surface area contributed by atoms with Crippen molar-refractivity contribution in [2.24, 2.45) is 0 Å². The first kappa shape index (κ1) is 14.1. The van der Waals surface area contributed by atoms with Crippen molar-refractivity contribution in [2.75, 3.05) is 5.73 Å². The lowest BCUT2D eigenvalue weighted by molar-refractivity contribution is 0.103. The van der Waals surface area contributed by atoms with Gasteiger partial charge >= 0.3 is 0 Å². The van der Waals surface area contributed by atoms with E-state index in [0.717, 1.165) is 22.2 Å². The average molecular weight is 318 g/mol. The van der Waals surface area contributed by atoms with Crippen LogP contribution < -0.4 is 5.73 Å². The summed E-state index contributed by atoms with van der Waals surface area (Å²) in [6, 6.07) is 16.7. The summed E-state index contributed by atoms with van der Waals surface area (Å²) in [6.45, 7) is 0. The van der Waals surface area contributed by atoms with Gasteiger partial charge in [-0.2, -0.15) is 0 Å². The summed E-state index contributed by atoms with van der Waals surface area (Å²) in [5.74, 6) is -0.0221. The number of hydrogen-bond acceptors (Lipinski definition) is 4. The maximum Gasteiger partial charge on any atom is 0.215 e. The molecule has 4 rings (SSSR count). The zero-order valence-electron chi connectivity index (χ0n) is 12.7. The summed E-state index contributed by atoms with van der Waals surface area (Å²) in [6.07, 6.45) is 3.45. The third-order valence-electron chi connectivity index (χ3n) is 3.94. The third-order valence-corrected chi connectivity index (χ3v) is 3.94. The van der Waals surface area contributed by atoms with Gasteiger partial charge in [0.15, 0.2) is 0 Å². The molecule has 5 nitrogen and oxygen atoms in total. The van der Waals surface area contributed by atoms with Crippen LogP contribution in [0.5, 0.6) is 0 Å². The predicted molar refractivity (Wildman–Crippen MR) is 97.8 cm³/mol. The number of H-pyrrole nitrogens is 1. The number of nitrogens with one attached hydrogen (secondary N) is 1. The Morgan fingerprint density at radius 2 is 1.92 bits per heavy atom. The van der Waals surface area contributed by atoms with Crippen LogP contribution in [0.25, 0.3) is 22.2 Å². The Bertz CT molecular complexity index is 1060.